The molecule has 1 aromatic heterocycles. The van der Waals surface area contributed by atoms with Crippen LogP contribution in [0, 0.1) is 0 Å². The number of aromatic nitrogens is 1. The average Bonchev–Trinajstić information content (AvgIpc) is 3.39. The molecule has 0 unspecified atom stereocenters. The number of carbonyl (C=O) groups is 2. The van der Waals surface area contributed by atoms with Crippen LogP contribution in [0.2, 0.25) is 0 Å². The summed E-state index contributed by atoms with van der Waals surface area (Å²) in [4.78, 5) is 26.1. The van der Waals surface area contributed by atoms with E-state index < -0.39 is 18.3 Å². The third-order valence-corrected chi connectivity index (χ3v) is 5.54. The average molecular weight is 433 g/mol. The normalized spacial score (nSPS) is 17.2. The highest BCUT2D eigenvalue weighted by Gasteiger charge is 2.33. The lowest BCUT2D eigenvalue weighted by molar-refractivity contribution is 0.108. The van der Waals surface area contributed by atoms with Crippen LogP contribution in [0.3, 0.4) is 0 Å². The quantitative estimate of drug-likeness (QED) is 0.663. The molecule has 8 heteroatoms. The maximum absolute atomic E-state index is 12.5. The Morgan fingerprint density at radius 3 is 2.84 bits per heavy atom. The molecule has 32 heavy (non-hydrogen) atoms. The molecule has 2 aliphatic heterocycles. The zero-order valence-electron chi connectivity index (χ0n) is 17.4. The van der Waals surface area contributed by atoms with Crippen LogP contribution in [0.4, 0.5) is 15.3 Å². The summed E-state index contributed by atoms with van der Waals surface area (Å²) in [6.07, 6.45) is 0.541. The molecule has 164 valence electrons. The summed E-state index contributed by atoms with van der Waals surface area (Å²) in [5.41, 5.74) is 4.74. The summed E-state index contributed by atoms with van der Waals surface area (Å²) < 4.78 is 18.5. The van der Waals surface area contributed by atoms with Crippen molar-refractivity contribution in [2.24, 2.45) is 0 Å². The van der Waals surface area contributed by atoms with Gasteiger partial charge in [-0.15, -0.1) is 0 Å². The van der Waals surface area contributed by atoms with Crippen molar-refractivity contribution in [3.05, 3.63) is 83.7 Å². The minimum atomic E-state index is -0.548. The molecule has 2 aromatic carbocycles. The van der Waals surface area contributed by atoms with Gasteiger partial charge in [0.25, 0.3) is 0 Å². The summed E-state index contributed by atoms with van der Waals surface area (Å²) in [7, 11) is 0. The predicted molar refractivity (Wildman–Crippen MR) is 117 cm³/mol. The van der Waals surface area contributed by atoms with Gasteiger partial charge >= 0.3 is 12.2 Å². The fourth-order valence-electron chi connectivity index (χ4n) is 3.91. The number of hydrogen-bond donors (Lipinski definition) is 1. The van der Waals surface area contributed by atoms with Gasteiger partial charge in [0.1, 0.15) is 12.7 Å². The Hall–Kier alpha value is -3.78. The number of ether oxygens (including phenoxy) is 3. The Labute approximate surface area is 185 Å². The first-order valence-electron chi connectivity index (χ1n) is 10.5. The van der Waals surface area contributed by atoms with E-state index in [1.807, 2.05) is 66.9 Å². The predicted octanol–water partition coefficient (Wildman–Crippen LogP) is 3.76. The number of amides is 2. The summed E-state index contributed by atoms with van der Waals surface area (Å²) in [5, 5.41) is 2.67. The monoisotopic (exact) mass is 433 g/mol. The number of carbonyl (C=O) groups excluding carboxylic acids is 2. The maximum atomic E-state index is 12.5. The largest absolute Gasteiger partial charge is 0.445 e. The number of hydrogen-bond acceptors (Lipinski definition) is 5. The van der Waals surface area contributed by atoms with E-state index in [1.54, 1.807) is 4.90 Å². The number of benzene rings is 2. The summed E-state index contributed by atoms with van der Waals surface area (Å²) in [6, 6.07) is 19.3. The molecule has 1 atom stereocenters. The topological polar surface area (TPSA) is 82.0 Å². The lowest BCUT2D eigenvalue weighted by atomic mass is 10.1. The van der Waals surface area contributed by atoms with E-state index in [2.05, 4.69) is 9.88 Å². The number of fused-ring (bicyclic) bond motifs is 3. The zero-order chi connectivity index (χ0) is 21.9. The van der Waals surface area contributed by atoms with E-state index in [4.69, 9.17) is 14.2 Å². The molecule has 3 heterocycles. The Balaban J connectivity index is 1.21. The van der Waals surface area contributed by atoms with Crippen LogP contribution in [0.1, 0.15) is 16.8 Å². The van der Waals surface area contributed by atoms with Crippen LogP contribution in [-0.4, -0.2) is 35.9 Å². The van der Waals surface area contributed by atoms with Crippen molar-refractivity contribution in [1.82, 2.24) is 9.88 Å². The van der Waals surface area contributed by atoms with Crippen LogP contribution in [-0.2, 0) is 34.0 Å². The van der Waals surface area contributed by atoms with Crippen molar-refractivity contribution in [3.63, 3.8) is 0 Å². The standard InChI is InChI=1S/C24H23N3O5/c28-23(31-14-17-5-2-1-3-6-17)25-12-21-13-27(24(29)32-21)19-9-8-18-15-30-16-20-7-4-10-26(20)22(18)11-19/h1-11,21H,12-16H2,(H,25,28)/t21-/m0/s1. The summed E-state index contributed by atoms with van der Waals surface area (Å²) in [5.74, 6) is 0. The molecule has 1 fully saturated rings. The summed E-state index contributed by atoms with van der Waals surface area (Å²) in [6.45, 7) is 1.75. The Kier molecular flexibility index (Phi) is 5.51. The molecule has 0 spiro atoms. The van der Waals surface area contributed by atoms with Gasteiger partial charge in [0.2, 0.25) is 0 Å². The first kappa shape index (κ1) is 20.1. The van der Waals surface area contributed by atoms with Crippen LogP contribution in [0.25, 0.3) is 5.69 Å². The smallest absolute Gasteiger partial charge is 0.414 e. The van der Waals surface area contributed by atoms with E-state index in [0.717, 1.165) is 28.2 Å². The van der Waals surface area contributed by atoms with Crippen molar-refractivity contribution in [1.29, 1.82) is 0 Å². The molecule has 5 rings (SSSR count). The second-order valence-electron chi connectivity index (χ2n) is 7.73. The van der Waals surface area contributed by atoms with Gasteiger partial charge < -0.3 is 24.1 Å². The minimum Gasteiger partial charge on any atom is -0.445 e. The van der Waals surface area contributed by atoms with Crippen molar-refractivity contribution in [3.8, 4) is 5.69 Å². The molecule has 0 saturated carbocycles. The first-order chi connectivity index (χ1) is 15.7. The van der Waals surface area contributed by atoms with Crippen molar-refractivity contribution in [2.75, 3.05) is 18.0 Å². The number of rotatable bonds is 5. The Morgan fingerprint density at radius 1 is 1.09 bits per heavy atom. The zero-order valence-corrected chi connectivity index (χ0v) is 17.4. The molecule has 0 bridgehead atoms. The molecule has 0 radical (unpaired) electrons. The van der Waals surface area contributed by atoms with Gasteiger partial charge in [0.05, 0.1) is 32.0 Å². The lowest BCUT2D eigenvalue weighted by Crippen LogP contribution is -2.34. The molecule has 0 aliphatic carbocycles. The molecular weight excluding hydrogens is 410 g/mol. The van der Waals surface area contributed by atoms with Gasteiger partial charge in [-0.1, -0.05) is 36.4 Å². The third kappa shape index (κ3) is 4.17. The van der Waals surface area contributed by atoms with Gasteiger partial charge in [0.15, 0.2) is 0 Å². The number of anilines is 1. The highest BCUT2D eigenvalue weighted by atomic mass is 16.6. The van der Waals surface area contributed by atoms with E-state index >= 15 is 0 Å². The molecule has 2 aliphatic rings. The fourth-order valence-corrected chi connectivity index (χ4v) is 3.91. The number of alkyl carbamates (subject to hydrolysis) is 1. The molecule has 3 aromatic rings. The van der Waals surface area contributed by atoms with Crippen LogP contribution < -0.4 is 10.2 Å². The molecule has 2 amide bonds. The number of nitrogens with one attached hydrogen (secondary N) is 1. The maximum Gasteiger partial charge on any atom is 0.414 e. The van der Waals surface area contributed by atoms with Crippen LogP contribution in [0.5, 0.6) is 0 Å². The first-order valence-corrected chi connectivity index (χ1v) is 10.5. The van der Waals surface area contributed by atoms with E-state index in [9.17, 15) is 9.59 Å². The Morgan fingerprint density at radius 2 is 1.97 bits per heavy atom. The second-order valence-corrected chi connectivity index (χ2v) is 7.73. The SMILES string of the molecule is O=C(NC[C@H]1CN(c2ccc3c(c2)-n2cccc2COC3)C(=O)O1)OCc1ccccc1. The van der Waals surface area contributed by atoms with Crippen LogP contribution >= 0.6 is 0 Å². The van der Waals surface area contributed by atoms with Crippen molar-refractivity contribution >= 4 is 17.9 Å². The summed E-state index contributed by atoms with van der Waals surface area (Å²) >= 11 is 0. The lowest BCUT2D eigenvalue weighted by Gasteiger charge is -2.17. The molecule has 1 N–H and O–H groups in total. The van der Waals surface area contributed by atoms with Crippen LogP contribution in [0.15, 0.2) is 66.9 Å². The van der Waals surface area contributed by atoms with E-state index in [0.29, 0.717) is 19.8 Å². The molecule has 8 nitrogen and oxygen atoms in total. The van der Waals surface area contributed by atoms with Crippen molar-refractivity contribution < 1.29 is 23.8 Å². The molecular formula is C24H23N3O5. The second kappa shape index (κ2) is 8.76. The van der Waals surface area contributed by atoms with Gasteiger partial charge in [0, 0.05) is 23.1 Å². The van der Waals surface area contributed by atoms with Crippen molar-refractivity contribution in [2.45, 2.75) is 25.9 Å². The van der Waals surface area contributed by atoms with E-state index in [-0.39, 0.29) is 13.2 Å². The Bertz CT molecular complexity index is 1130. The van der Waals surface area contributed by atoms with E-state index in [1.165, 1.54) is 0 Å². The number of cyclic esters (lactones) is 1. The van der Waals surface area contributed by atoms with Gasteiger partial charge in [-0.3, -0.25) is 4.90 Å². The van der Waals surface area contributed by atoms with Gasteiger partial charge in [-0.25, -0.2) is 9.59 Å². The highest BCUT2D eigenvalue weighted by molar-refractivity contribution is 5.90. The molecule has 1 saturated heterocycles. The third-order valence-electron chi connectivity index (χ3n) is 5.54. The minimum absolute atomic E-state index is 0.177. The number of nitrogens with zero attached hydrogens (tertiary/aromatic N) is 2. The van der Waals surface area contributed by atoms with Gasteiger partial charge in [-0.2, -0.15) is 0 Å². The van der Waals surface area contributed by atoms with Gasteiger partial charge in [-0.05, 0) is 29.8 Å². The fraction of sp³-hybridized carbons (Fsp3) is 0.250. The highest BCUT2D eigenvalue weighted by Crippen LogP contribution is 2.30.